The van der Waals surface area contributed by atoms with E-state index in [2.05, 4.69) is 10.6 Å². The number of anilines is 1. The van der Waals surface area contributed by atoms with E-state index in [-0.39, 0.29) is 55.2 Å². The van der Waals surface area contributed by atoms with Gasteiger partial charge in [-0.05, 0) is 48.6 Å². The molecule has 0 aliphatic carbocycles. The van der Waals surface area contributed by atoms with Crippen LogP contribution in [0.25, 0.3) is 0 Å². The normalized spacial score (nSPS) is 18.0. The fraction of sp³-hybridized carbons (Fsp3) is 0.483. The van der Waals surface area contributed by atoms with Gasteiger partial charge >= 0.3 is 18.3 Å². The minimum atomic E-state index is -4.24. The molecule has 2 aromatic carbocycles. The molecule has 242 valence electrons. The standard InChI is InChI=1S/C29H39N3O11S/c1-19(2)15-32(44(39,40)23-10-8-22(9-11-23)30-27(34)35)16-25(24(31-28(36)37)14-20-6-4-3-5-7-20)42-29(38)43-26-18-41-17-21(26)12-13-33/h3-11,19,21,24-26,30-31,33H,12-18H2,1-2H3,(H,34,35)(H,36,37)/t21-,24?,25?,26+/m1/s1. The molecule has 15 heteroatoms. The molecular weight excluding hydrogens is 598 g/mol. The smallest absolute Gasteiger partial charge is 0.465 e. The molecule has 0 aromatic heterocycles. The Morgan fingerprint density at radius 1 is 1.00 bits per heavy atom. The Balaban J connectivity index is 1.95. The number of carbonyl (C=O) groups is 3. The SMILES string of the molecule is CC(C)CN(CC(OC(=O)O[C@H]1COC[C@H]1CCO)C(Cc1ccccc1)NC(=O)O)S(=O)(=O)c1ccc(NC(=O)O)cc1. The van der Waals surface area contributed by atoms with Crippen molar-refractivity contribution in [2.45, 2.75) is 49.8 Å². The van der Waals surface area contributed by atoms with Crippen LogP contribution >= 0.6 is 0 Å². The lowest BCUT2D eigenvalue weighted by Crippen LogP contribution is -2.52. The first-order chi connectivity index (χ1) is 20.9. The molecule has 44 heavy (non-hydrogen) atoms. The number of hydrogen-bond acceptors (Lipinski definition) is 9. The fourth-order valence-electron chi connectivity index (χ4n) is 4.83. The molecule has 5 N–H and O–H groups in total. The van der Waals surface area contributed by atoms with Gasteiger partial charge in [-0.25, -0.2) is 22.8 Å². The van der Waals surface area contributed by atoms with Crippen LogP contribution in [0.4, 0.5) is 20.1 Å². The molecule has 0 saturated carbocycles. The molecule has 1 aliphatic rings. The van der Waals surface area contributed by atoms with Crippen molar-refractivity contribution in [3.05, 3.63) is 60.2 Å². The first kappa shape index (κ1) is 34.6. The van der Waals surface area contributed by atoms with E-state index in [0.29, 0.717) is 12.0 Å². The van der Waals surface area contributed by atoms with Crippen molar-refractivity contribution >= 4 is 34.1 Å². The van der Waals surface area contributed by atoms with Gasteiger partial charge in [0, 0.05) is 24.8 Å². The molecule has 14 nitrogen and oxygen atoms in total. The Kier molecular flexibility index (Phi) is 12.8. The first-order valence-electron chi connectivity index (χ1n) is 14.1. The molecule has 1 saturated heterocycles. The Hall–Kier alpha value is -3.92. The number of benzene rings is 2. The largest absolute Gasteiger partial charge is 0.509 e. The number of carboxylic acid groups (broad SMARTS) is 2. The van der Waals surface area contributed by atoms with Crippen molar-refractivity contribution < 1.29 is 52.3 Å². The summed E-state index contributed by atoms with van der Waals surface area (Å²) in [4.78, 5) is 35.8. The van der Waals surface area contributed by atoms with E-state index < -0.39 is 53.2 Å². The van der Waals surface area contributed by atoms with Gasteiger partial charge in [0.2, 0.25) is 10.0 Å². The zero-order valence-corrected chi connectivity index (χ0v) is 25.3. The van der Waals surface area contributed by atoms with E-state index in [4.69, 9.17) is 19.3 Å². The van der Waals surface area contributed by atoms with Gasteiger partial charge in [-0.3, -0.25) is 5.32 Å². The van der Waals surface area contributed by atoms with Crippen LogP contribution in [0.2, 0.25) is 0 Å². The van der Waals surface area contributed by atoms with E-state index in [9.17, 15) is 33.0 Å². The number of amides is 2. The molecule has 0 radical (unpaired) electrons. The van der Waals surface area contributed by atoms with Gasteiger partial charge in [0.1, 0.15) is 12.2 Å². The second-order valence-electron chi connectivity index (χ2n) is 10.8. The highest BCUT2D eigenvalue weighted by atomic mass is 32.2. The van der Waals surface area contributed by atoms with Gasteiger partial charge in [0.05, 0.1) is 30.7 Å². The Morgan fingerprint density at radius 2 is 1.68 bits per heavy atom. The Morgan fingerprint density at radius 3 is 2.27 bits per heavy atom. The lowest BCUT2D eigenvalue weighted by molar-refractivity contribution is -0.0260. The van der Waals surface area contributed by atoms with Crippen molar-refractivity contribution in [3.63, 3.8) is 0 Å². The third kappa shape index (κ3) is 10.4. The lowest BCUT2D eigenvalue weighted by atomic mass is 10.0. The van der Waals surface area contributed by atoms with Crippen LogP contribution < -0.4 is 10.6 Å². The summed E-state index contributed by atoms with van der Waals surface area (Å²) >= 11 is 0. The van der Waals surface area contributed by atoms with E-state index >= 15 is 0 Å². The molecule has 2 unspecified atom stereocenters. The number of aliphatic hydroxyl groups is 1. The molecule has 0 spiro atoms. The average molecular weight is 638 g/mol. The number of carbonyl (C=O) groups excluding carboxylic acids is 1. The van der Waals surface area contributed by atoms with Crippen LogP contribution in [-0.2, 0) is 30.7 Å². The van der Waals surface area contributed by atoms with E-state index in [1.54, 1.807) is 44.2 Å². The maximum atomic E-state index is 13.9. The molecular formula is C29H39N3O11S. The third-order valence-corrected chi connectivity index (χ3v) is 8.73. The highest BCUT2D eigenvalue weighted by molar-refractivity contribution is 7.89. The van der Waals surface area contributed by atoms with Crippen molar-refractivity contribution in [3.8, 4) is 0 Å². The summed E-state index contributed by atoms with van der Waals surface area (Å²) in [5, 5.41) is 32.5. The molecule has 0 bridgehead atoms. The van der Waals surface area contributed by atoms with Crippen LogP contribution in [0.1, 0.15) is 25.8 Å². The predicted molar refractivity (Wildman–Crippen MR) is 158 cm³/mol. The minimum Gasteiger partial charge on any atom is -0.465 e. The number of ether oxygens (including phenoxy) is 3. The molecule has 2 aromatic rings. The van der Waals surface area contributed by atoms with Gasteiger partial charge in [0.15, 0.2) is 0 Å². The zero-order chi connectivity index (χ0) is 32.3. The predicted octanol–water partition coefficient (Wildman–Crippen LogP) is 3.22. The number of hydrogen-bond donors (Lipinski definition) is 5. The second kappa shape index (κ2) is 16.2. The fourth-order valence-corrected chi connectivity index (χ4v) is 6.45. The van der Waals surface area contributed by atoms with Crippen LogP contribution in [0.5, 0.6) is 0 Å². The molecule has 1 heterocycles. The lowest BCUT2D eigenvalue weighted by Gasteiger charge is -2.32. The van der Waals surface area contributed by atoms with Gasteiger partial charge in [0.25, 0.3) is 0 Å². The van der Waals surface area contributed by atoms with Gasteiger partial charge in [-0.1, -0.05) is 44.2 Å². The first-order valence-corrected chi connectivity index (χ1v) is 15.5. The number of aliphatic hydroxyl groups excluding tert-OH is 1. The molecule has 3 rings (SSSR count). The van der Waals surface area contributed by atoms with Gasteiger partial charge in [-0.15, -0.1) is 0 Å². The average Bonchev–Trinajstić information content (AvgIpc) is 3.38. The summed E-state index contributed by atoms with van der Waals surface area (Å²) in [6.07, 6.45) is -5.49. The van der Waals surface area contributed by atoms with Crippen molar-refractivity contribution in [2.24, 2.45) is 11.8 Å². The summed E-state index contributed by atoms with van der Waals surface area (Å²) in [5.41, 5.74) is 0.875. The molecule has 4 atom stereocenters. The zero-order valence-electron chi connectivity index (χ0n) is 24.5. The molecule has 2 amide bonds. The van der Waals surface area contributed by atoms with Crippen molar-refractivity contribution in [1.82, 2.24) is 9.62 Å². The molecule has 1 fully saturated rings. The molecule has 1 aliphatic heterocycles. The van der Waals surface area contributed by atoms with Gasteiger partial charge < -0.3 is 34.8 Å². The van der Waals surface area contributed by atoms with Crippen LogP contribution in [-0.4, -0.2) is 97.5 Å². The number of sulfonamides is 1. The summed E-state index contributed by atoms with van der Waals surface area (Å²) in [7, 11) is -4.24. The minimum absolute atomic E-state index is 0.00740. The Labute approximate surface area is 256 Å². The summed E-state index contributed by atoms with van der Waals surface area (Å²) < 4.78 is 45.4. The second-order valence-corrected chi connectivity index (χ2v) is 12.7. The third-order valence-electron chi connectivity index (χ3n) is 6.89. The van der Waals surface area contributed by atoms with Crippen molar-refractivity contribution in [2.75, 3.05) is 38.2 Å². The summed E-state index contributed by atoms with van der Waals surface area (Å²) in [5.74, 6) is -0.445. The van der Waals surface area contributed by atoms with E-state index in [0.717, 1.165) is 4.31 Å². The Bertz CT molecular complexity index is 1340. The van der Waals surface area contributed by atoms with E-state index in [1.165, 1.54) is 24.3 Å². The topological polar surface area (TPSA) is 201 Å². The van der Waals surface area contributed by atoms with Crippen LogP contribution in [0.3, 0.4) is 0 Å². The van der Waals surface area contributed by atoms with Crippen molar-refractivity contribution in [1.29, 1.82) is 0 Å². The summed E-state index contributed by atoms with van der Waals surface area (Å²) in [6, 6.07) is 12.8. The summed E-state index contributed by atoms with van der Waals surface area (Å²) in [6.45, 7) is 3.39. The van der Waals surface area contributed by atoms with E-state index in [1.807, 2.05) is 0 Å². The van der Waals surface area contributed by atoms with Crippen LogP contribution in [0.15, 0.2) is 59.5 Å². The highest BCUT2D eigenvalue weighted by Crippen LogP contribution is 2.24. The van der Waals surface area contributed by atoms with Crippen LogP contribution in [0, 0.1) is 11.8 Å². The quantitative estimate of drug-likeness (QED) is 0.180. The highest BCUT2D eigenvalue weighted by Gasteiger charge is 2.37. The maximum absolute atomic E-state index is 13.9. The van der Waals surface area contributed by atoms with Gasteiger partial charge in [-0.2, -0.15) is 4.31 Å². The number of nitrogens with zero attached hydrogens (tertiary/aromatic N) is 1. The number of rotatable bonds is 15. The monoisotopic (exact) mass is 637 g/mol. The number of nitrogens with one attached hydrogen (secondary N) is 2. The maximum Gasteiger partial charge on any atom is 0.509 e.